The molecule has 7 heteroatoms. The average Bonchev–Trinajstić information content (AvgIpc) is 3.07. The molecule has 0 saturated heterocycles. The number of unbranched alkanes of at least 4 members (excludes halogenated alkanes) is 12. The molecule has 280 valence electrons. The molecule has 7 nitrogen and oxygen atoms in total. The van der Waals surface area contributed by atoms with Crippen LogP contribution >= 0.6 is 0 Å². The van der Waals surface area contributed by atoms with Gasteiger partial charge in [0.05, 0.1) is 0 Å². The maximum Gasteiger partial charge on any atom is 0.180 e. The van der Waals surface area contributed by atoms with Gasteiger partial charge in [-0.3, -0.25) is 0 Å². The number of hydrogen-bond donors (Lipinski definition) is 0. The van der Waals surface area contributed by atoms with Crippen LogP contribution in [0.2, 0.25) is 0 Å². The van der Waals surface area contributed by atoms with E-state index in [2.05, 4.69) is 39.8 Å². The highest BCUT2D eigenvalue weighted by atomic mass is 16.8. The molecule has 0 radical (unpaired) electrons. The van der Waals surface area contributed by atoms with Gasteiger partial charge in [-0.1, -0.05) is 91.2 Å². The van der Waals surface area contributed by atoms with E-state index in [1.54, 1.807) is 0 Å². The molecule has 47 heavy (non-hydrogen) atoms. The van der Waals surface area contributed by atoms with E-state index >= 15 is 0 Å². The van der Waals surface area contributed by atoms with Crippen LogP contribution in [-0.2, 0) is 33.2 Å². The minimum atomic E-state index is -0.437. The molecule has 0 aliphatic heterocycles. The van der Waals surface area contributed by atoms with Crippen LogP contribution in [0.5, 0.6) is 0 Å². The van der Waals surface area contributed by atoms with Gasteiger partial charge in [0, 0.05) is 39.6 Å². The fraction of sp³-hybridized carbons (Fsp3) is 0.900. The fourth-order valence-electron chi connectivity index (χ4n) is 5.00. The highest BCUT2D eigenvalue weighted by Crippen LogP contribution is 2.15. The van der Waals surface area contributed by atoms with Crippen molar-refractivity contribution in [1.82, 2.24) is 0 Å². The first-order chi connectivity index (χ1) is 23.1. The third kappa shape index (κ3) is 32.2. The van der Waals surface area contributed by atoms with Crippen LogP contribution in [-0.4, -0.2) is 64.8 Å². The van der Waals surface area contributed by atoms with Gasteiger partial charge in [-0.05, 0) is 103 Å². The zero-order valence-electron chi connectivity index (χ0n) is 31.9. The molecule has 0 rings (SSSR count). The standard InChI is InChI=1S/C40H78O7/c1-7-13-25-33-43-37(44-34-26-14-8-2)29-21-17-19-23-31-39(41-11-5)47-40(42-12-6)32-24-20-18-22-30-38(45-35-27-15-9-3)46-36-28-16-10-4/h23-24,31-32,37-40H,7-22,25-30,33-36H2,1-6H3. The Kier molecular flexibility index (Phi) is 37.4. The van der Waals surface area contributed by atoms with Crippen LogP contribution in [0.4, 0.5) is 0 Å². The lowest BCUT2D eigenvalue weighted by Gasteiger charge is -2.20. The molecule has 0 bridgehead atoms. The Morgan fingerprint density at radius 3 is 1.02 bits per heavy atom. The van der Waals surface area contributed by atoms with Crippen molar-refractivity contribution in [3.8, 4) is 0 Å². The Hall–Kier alpha value is -0.800. The van der Waals surface area contributed by atoms with Crippen molar-refractivity contribution in [3.05, 3.63) is 24.3 Å². The normalized spacial score (nSPS) is 13.6. The Bertz CT molecular complexity index is 578. The lowest BCUT2D eigenvalue weighted by Crippen LogP contribution is -2.24. The molecule has 0 spiro atoms. The predicted octanol–water partition coefficient (Wildman–Crippen LogP) is 11.4. The van der Waals surface area contributed by atoms with Gasteiger partial charge in [0.25, 0.3) is 0 Å². The summed E-state index contributed by atoms with van der Waals surface area (Å²) in [4.78, 5) is 0. The van der Waals surface area contributed by atoms with E-state index in [1.807, 2.05) is 26.0 Å². The molecule has 0 N–H and O–H groups in total. The highest BCUT2D eigenvalue weighted by molar-refractivity contribution is 4.89. The van der Waals surface area contributed by atoms with Crippen LogP contribution in [0.3, 0.4) is 0 Å². The summed E-state index contributed by atoms with van der Waals surface area (Å²) < 4.78 is 42.2. The molecule has 0 aliphatic rings. The molecule has 0 aromatic carbocycles. The Balaban J connectivity index is 4.60. The van der Waals surface area contributed by atoms with Gasteiger partial charge in [0.2, 0.25) is 0 Å². The Morgan fingerprint density at radius 2 is 0.723 bits per heavy atom. The van der Waals surface area contributed by atoms with Gasteiger partial charge in [-0.15, -0.1) is 0 Å². The monoisotopic (exact) mass is 671 g/mol. The third-order valence-corrected chi connectivity index (χ3v) is 7.84. The lowest BCUT2D eigenvalue weighted by molar-refractivity contribution is -0.204. The van der Waals surface area contributed by atoms with Gasteiger partial charge < -0.3 is 33.2 Å². The number of ether oxygens (including phenoxy) is 7. The van der Waals surface area contributed by atoms with Gasteiger partial charge >= 0.3 is 0 Å². The molecule has 0 amide bonds. The van der Waals surface area contributed by atoms with E-state index in [0.29, 0.717) is 13.2 Å². The van der Waals surface area contributed by atoms with Crippen LogP contribution in [0, 0.1) is 0 Å². The summed E-state index contributed by atoms with van der Waals surface area (Å²) in [6.07, 6.45) is 29.5. The van der Waals surface area contributed by atoms with Crippen LogP contribution in [0.25, 0.3) is 0 Å². The van der Waals surface area contributed by atoms with Gasteiger partial charge in [0.1, 0.15) is 0 Å². The number of hydrogen-bond acceptors (Lipinski definition) is 7. The molecular formula is C40H78O7. The molecular weight excluding hydrogens is 592 g/mol. The molecule has 0 aromatic heterocycles. The first kappa shape index (κ1) is 46.2. The Labute approximate surface area is 291 Å². The van der Waals surface area contributed by atoms with Gasteiger partial charge in [0.15, 0.2) is 25.2 Å². The van der Waals surface area contributed by atoms with Crippen molar-refractivity contribution in [2.45, 2.75) is 195 Å². The minimum Gasteiger partial charge on any atom is -0.353 e. The topological polar surface area (TPSA) is 64.6 Å². The molecule has 0 heterocycles. The second kappa shape index (κ2) is 38.0. The largest absolute Gasteiger partial charge is 0.353 e. The van der Waals surface area contributed by atoms with E-state index in [4.69, 9.17) is 33.2 Å². The summed E-state index contributed by atoms with van der Waals surface area (Å²) in [5.74, 6) is 0. The van der Waals surface area contributed by atoms with Crippen molar-refractivity contribution in [3.63, 3.8) is 0 Å². The highest BCUT2D eigenvalue weighted by Gasteiger charge is 2.13. The second-order valence-electron chi connectivity index (χ2n) is 12.4. The first-order valence-electron chi connectivity index (χ1n) is 19.8. The maximum absolute atomic E-state index is 6.18. The molecule has 0 fully saturated rings. The van der Waals surface area contributed by atoms with Crippen molar-refractivity contribution >= 4 is 0 Å². The smallest absolute Gasteiger partial charge is 0.180 e. The van der Waals surface area contributed by atoms with Crippen molar-refractivity contribution in [2.24, 2.45) is 0 Å². The third-order valence-electron chi connectivity index (χ3n) is 7.84. The van der Waals surface area contributed by atoms with Gasteiger partial charge in [-0.25, -0.2) is 0 Å². The minimum absolute atomic E-state index is 0.0832. The summed E-state index contributed by atoms with van der Waals surface area (Å²) in [7, 11) is 0. The summed E-state index contributed by atoms with van der Waals surface area (Å²) >= 11 is 0. The SMILES string of the molecule is CCCCCOC(CCCCC=CC(OCC)OC(C=CCCCCC(OCCCCC)OCCCCC)OCC)OCCCCC. The van der Waals surface area contributed by atoms with E-state index in [-0.39, 0.29) is 12.6 Å². The number of allylic oxidation sites excluding steroid dienone is 2. The van der Waals surface area contributed by atoms with Crippen LogP contribution < -0.4 is 0 Å². The van der Waals surface area contributed by atoms with E-state index in [0.717, 1.165) is 103 Å². The lowest BCUT2D eigenvalue weighted by atomic mass is 10.1. The van der Waals surface area contributed by atoms with Crippen molar-refractivity contribution in [2.75, 3.05) is 39.6 Å². The summed E-state index contributed by atoms with van der Waals surface area (Å²) in [5, 5.41) is 0. The van der Waals surface area contributed by atoms with E-state index in [9.17, 15) is 0 Å². The fourth-order valence-corrected chi connectivity index (χ4v) is 5.00. The zero-order chi connectivity index (χ0) is 34.5. The van der Waals surface area contributed by atoms with Crippen molar-refractivity contribution in [1.29, 1.82) is 0 Å². The molecule has 2 unspecified atom stereocenters. The number of rotatable bonds is 38. The molecule has 0 aromatic rings. The molecule has 0 saturated carbocycles. The van der Waals surface area contributed by atoms with Crippen LogP contribution in [0.15, 0.2) is 24.3 Å². The quantitative estimate of drug-likeness (QED) is 0.0368. The predicted molar refractivity (Wildman–Crippen MR) is 197 cm³/mol. The van der Waals surface area contributed by atoms with E-state index < -0.39 is 12.6 Å². The molecule has 0 aliphatic carbocycles. The van der Waals surface area contributed by atoms with Gasteiger partial charge in [-0.2, -0.15) is 0 Å². The van der Waals surface area contributed by atoms with Crippen molar-refractivity contribution < 1.29 is 33.2 Å². The second-order valence-corrected chi connectivity index (χ2v) is 12.4. The summed E-state index contributed by atoms with van der Waals surface area (Å²) in [5.41, 5.74) is 0. The first-order valence-corrected chi connectivity index (χ1v) is 19.8. The Morgan fingerprint density at radius 1 is 0.383 bits per heavy atom. The average molecular weight is 671 g/mol. The van der Waals surface area contributed by atoms with Crippen LogP contribution in [0.1, 0.15) is 170 Å². The zero-order valence-corrected chi connectivity index (χ0v) is 31.9. The molecule has 2 atom stereocenters. The summed E-state index contributed by atoms with van der Waals surface area (Å²) in [6.45, 7) is 17.2. The summed E-state index contributed by atoms with van der Waals surface area (Å²) in [6, 6.07) is 0. The maximum atomic E-state index is 6.18. The van der Waals surface area contributed by atoms with E-state index in [1.165, 1.54) is 51.4 Å².